The molecule has 0 saturated heterocycles. The van der Waals surface area contributed by atoms with Crippen LogP contribution in [0.5, 0.6) is 0 Å². The summed E-state index contributed by atoms with van der Waals surface area (Å²) in [5, 5.41) is 9.09. The molecule has 7 heteroatoms. The first-order chi connectivity index (χ1) is 8.49. The highest BCUT2D eigenvalue weighted by Gasteiger charge is 2.15. The fourth-order valence-electron chi connectivity index (χ4n) is 1.36. The van der Waals surface area contributed by atoms with E-state index in [0.717, 1.165) is 12.3 Å². The van der Waals surface area contributed by atoms with Crippen LogP contribution in [-0.4, -0.2) is 21.0 Å². The van der Waals surface area contributed by atoms with Crippen molar-refractivity contribution in [2.75, 3.05) is 5.73 Å². The topological polar surface area (TPSA) is 89.1 Å². The van der Waals surface area contributed by atoms with Gasteiger partial charge in [0.05, 0.1) is 17.4 Å². The molecular formula is C11H7ClFN3O2. The third-order valence-electron chi connectivity index (χ3n) is 2.19. The number of halogens is 2. The maximum absolute atomic E-state index is 13.6. The number of anilines is 1. The van der Waals surface area contributed by atoms with E-state index in [2.05, 4.69) is 9.97 Å². The van der Waals surface area contributed by atoms with Gasteiger partial charge in [0.2, 0.25) is 0 Å². The van der Waals surface area contributed by atoms with Gasteiger partial charge in [-0.3, -0.25) is 0 Å². The van der Waals surface area contributed by atoms with Crippen molar-refractivity contribution in [2.45, 2.75) is 0 Å². The minimum absolute atomic E-state index is 0.0573. The van der Waals surface area contributed by atoms with Gasteiger partial charge in [-0.1, -0.05) is 11.6 Å². The Balaban J connectivity index is 2.58. The van der Waals surface area contributed by atoms with E-state index in [1.54, 1.807) is 0 Å². The number of nitrogens with zero attached hydrogens (tertiary/aromatic N) is 2. The zero-order chi connectivity index (χ0) is 13.3. The molecule has 1 aromatic carbocycles. The molecule has 0 saturated carbocycles. The van der Waals surface area contributed by atoms with E-state index in [9.17, 15) is 9.18 Å². The smallest absolute Gasteiger partial charge is 0.356 e. The molecule has 0 amide bonds. The van der Waals surface area contributed by atoms with Crippen LogP contribution in [0.4, 0.5) is 10.1 Å². The maximum atomic E-state index is 13.6. The van der Waals surface area contributed by atoms with Crippen molar-refractivity contribution < 1.29 is 14.3 Å². The predicted molar refractivity (Wildman–Crippen MR) is 63.8 cm³/mol. The first-order valence-corrected chi connectivity index (χ1v) is 5.18. The second kappa shape index (κ2) is 4.58. The lowest BCUT2D eigenvalue weighted by Crippen LogP contribution is -2.08. The van der Waals surface area contributed by atoms with Crippen molar-refractivity contribution in [3.63, 3.8) is 0 Å². The standard InChI is InChI=1S/C11H7ClFN3O2/c12-5-1-2-6(7(13)3-5)10-15-4-8(14)9(16-10)11(17)18/h1-4H,14H2,(H,17,18). The minimum atomic E-state index is -1.30. The largest absolute Gasteiger partial charge is 0.476 e. The molecule has 0 fully saturated rings. The van der Waals surface area contributed by atoms with Gasteiger partial charge in [-0.15, -0.1) is 0 Å². The molecule has 0 radical (unpaired) electrons. The summed E-state index contributed by atoms with van der Waals surface area (Å²) in [6.07, 6.45) is 1.12. The van der Waals surface area contributed by atoms with E-state index < -0.39 is 11.8 Å². The lowest BCUT2D eigenvalue weighted by Gasteiger charge is -2.05. The Morgan fingerprint density at radius 2 is 2.17 bits per heavy atom. The Kier molecular flexibility index (Phi) is 3.12. The van der Waals surface area contributed by atoms with Crippen LogP contribution in [0.3, 0.4) is 0 Å². The van der Waals surface area contributed by atoms with Gasteiger partial charge in [-0.25, -0.2) is 19.2 Å². The monoisotopic (exact) mass is 267 g/mol. The molecule has 0 aliphatic carbocycles. The van der Waals surface area contributed by atoms with E-state index in [0.29, 0.717) is 0 Å². The number of hydrogen-bond donors (Lipinski definition) is 2. The molecule has 1 heterocycles. The van der Waals surface area contributed by atoms with Crippen LogP contribution in [0, 0.1) is 5.82 Å². The SMILES string of the molecule is Nc1cnc(-c2ccc(Cl)cc2F)nc1C(=O)O. The first-order valence-electron chi connectivity index (χ1n) is 4.80. The van der Waals surface area contributed by atoms with Crippen LogP contribution in [-0.2, 0) is 0 Å². The average Bonchev–Trinajstić information content (AvgIpc) is 2.30. The highest BCUT2D eigenvalue weighted by atomic mass is 35.5. The lowest BCUT2D eigenvalue weighted by molar-refractivity contribution is 0.0691. The normalized spacial score (nSPS) is 10.3. The zero-order valence-electron chi connectivity index (χ0n) is 8.89. The number of nitrogens with two attached hydrogens (primary N) is 1. The summed E-state index contributed by atoms with van der Waals surface area (Å²) in [7, 11) is 0. The van der Waals surface area contributed by atoms with E-state index >= 15 is 0 Å². The summed E-state index contributed by atoms with van der Waals surface area (Å²) in [6, 6.07) is 3.92. The Bertz CT molecular complexity index is 634. The number of carbonyl (C=O) groups is 1. The molecule has 0 spiro atoms. The van der Waals surface area contributed by atoms with Gasteiger partial charge in [0.25, 0.3) is 0 Å². The first kappa shape index (κ1) is 12.3. The summed E-state index contributed by atoms with van der Waals surface area (Å²) >= 11 is 5.62. The Morgan fingerprint density at radius 1 is 1.44 bits per heavy atom. The third kappa shape index (κ3) is 2.23. The molecule has 0 aliphatic rings. The van der Waals surface area contributed by atoms with Crippen LogP contribution in [0.2, 0.25) is 5.02 Å². The molecule has 0 bridgehead atoms. The molecule has 0 unspecified atom stereocenters. The number of carboxylic acids is 1. The van der Waals surface area contributed by atoms with Gasteiger partial charge in [0.15, 0.2) is 11.5 Å². The Hall–Kier alpha value is -2.21. The van der Waals surface area contributed by atoms with Crippen molar-refractivity contribution in [1.29, 1.82) is 0 Å². The number of rotatable bonds is 2. The van der Waals surface area contributed by atoms with E-state index in [1.807, 2.05) is 0 Å². The molecule has 1 aromatic heterocycles. The third-order valence-corrected chi connectivity index (χ3v) is 2.43. The number of nitrogen functional groups attached to an aromatic ring is 1. The van der Waals surface area contributed by atoms with Crippen LogP contribution < -0.4 is 5.73 Å². The quantitative estimate of drug-likeness (QED) is 0.871. The molecule has 5 nitrogen and oxygen atoms in total. The molecule has 2 aromatic rings. The number of carboxylic acid groups (broad SMARTS) is 1. The van der Waals surface area contributed by atoms with Crippen molar-refractivity contribution in [1.82, 2.24) is 9.97 Å². The number of benzene rings is 1. The van der Waals surface area contributed by atoms with Gasteiger partial charge in [-0.05, 0) is 18.2 Å². The minimum Gasteiger partial charge on any atom is -0.476 e. The summed E-state index contributed by atoms with van der Waals surface area (Å²) in [6.45, 7) is 0. The van der Waals surface area contributed by atoms with Crippen LogP contribution in [0.25, 0.3) is 11.4 Å². The van der Waals surface area contributed by atoms with Crippen molar-refractivity contribution in [3.05, 3.63) is 40.9 Å². The summed E-state index contributed by atoms with van der Waals surface area (Å²) in [5.41, 5.74) is 5.02. The molecule has 18 heavy (non-hydrogen) atoms. The lowest BCUT2D eigenvalue weighted by atomic mass is 10.2. The second-order valence-corrected chi connectivity index (χ2v) is 3.86. The molecule has 92 valence electrons. The van der Waals surface area contributed by atoms with Crippen LogP contribution >= 0.6 is 11.6 Å². The van der Waals surface area contributed by atoms with Gasteiger partial charge >= 0.3 is 5.97 Å². The maximum Gasteiger partial charge on any atom is 0.356 e. The van der Waals surface area contributed by atoms with Crippen LogP contribution in [0.1, 0.15) is 10.5 Å². The fourth-order valence-corrected chi connectivity index (χ4v) is 1.52. The van der Waals surface area contributed by atoms with Crippen molar-refractivity contribution in [3.8, 4) is 11.4 Å². The van der Waals surface area contributed by atoms with E-state index in [1.165, 1.54) is 12.1 Å². The van der Waals surface area contributed by atoms with Gasteiger partial charge in [0, 0.05) is 5.02 Å². The predicted octanol–water partition coefficient (Wildman–Crippen LogP) is 2.22. The summed E-state index contributed by atoms with van der Waals surface area (Å²) in [5.74, 6) is -2.00. The summed E-state index contributed by atoms with van der Waals surface area (Å²) < 4.78 is 13.6. The fraction of sp³-hybridized carbons (Fsp3) is 0. The molecule has 3 N–H and O–H groups in total. The molecular weight excluding hydrogens is 261 g/mol. The van der Waals surface area contributed by atoms with Gasteiger partial charge in [0.1, 0.15) is 5.82 Å². The average molecular weight is 268 g/mol. The number of hydrogen-bond acceptors (Lipinski definition) is 4. The van der Waals surface area contributed by atoms with Crippen LogP contribution in [0.15, 0.2) is 24.4 Å². The van der Waals surface area contributed by atoms with Crippen molar-refractivity contribution in [2.24, 2.45) is 0 Å². The second-order valence-electron chi connectivity index (χ2n) is 3.43. The van der Waals surface area contributed by atoms with E-state index in [4.69, 9.17) is 22.4 Å². The molecule has 2 rings (SSSR count). The molecule has 0 aliphatic heterocycles. The van der Waals surface area contributed by atoms with E-state index in [-0.39, 0.29) is 27.8 Å². The van der Waals surface area contributed by atoms with Gasteiger partial charge in [-0.2, -0.15) is 0 Å². The zero-order valence-corrected chi connectivity index (χ0v) is 9.65. The highest BCUT2D eigenvalue weighted by Crippen LogP contribution is 2.23. The molecule has 0 atom stereocenters. The van der Waals surface area contributed by atoms with Gasteiger partial charge < -0.3 is 10.8 Å². The highest BCUT2D eigenvalue weighted by molar-refractivity contribution is 6.30. The Labute approximate surface area is 106 Å². The number of aromatic nitrogens is 2. The van der Waals surface area contributed by atoms with Crippen molar-refractivity contribution >= 4 is 23.3 Å². The Morgan fingerprint density at radius 3 is 2.78 bits per heavy atom. The number of aromatic carboxylic acids is 1. The summed E-state index contributed by atoms with van der Waals surface area (Å²) in [4.78, 5) is 18.4.